The third kappa shape index (κ3) is 4.61. The summed E-state index contributed by atoms with van der Waals surface area (Å²) in [6.07, 6.45) is 1.18. The van der Waals surface area contributed by atoms with Crippen molar-refractivity contribution in [3.05, 3.63) is 0 Å². The van der Waals surface area contributed by atoms with Crippen molar-refractivity contribution in [3.8, 4) is 0 Å². The molecule has 0 aromatic rings. The molecular formula is C14H24N2O5. The molecule has 0 saturated carbocycles. The molecule has 120 valence electrons. The van der Waals surface area contributed by atoms with Crippen LogP contribution in [0.1, 0.15) is 26.7 Å². The third-order valence-corrected chi connectivity index (χ3v) is 3.87. The molecule has 0 aliphatic carbocycles. The van der Waals surface area contributed by atoms with Crippen molar-refractivity contribution in [2.75, 3.05) is 33.3 Å². The lowest BCUT2D eigenvalue weighted by Crippen LogP contribution is -2.49. The van der Waals surface area contributed by atoms with Gasteiger partial charge >= 0.3 is 18.0 Å². The van der Waals surface area contributed by atoms with Crippen LogP contribution >= 0.6 is 0 Å². The number of hydrogen-bond acceptors (Lipinski definition) is 4. The SMILES string of the molecule is CCN(CC(C)C(=O)O)C(=O)N1CCC(C(=O)OC)CC1. The number of carbonyl (C=O) groups is 3. The Morgan fingerprint density at radius 3 is 2.33 bits per heavy atom. The first-order valence-electron chi connectivity index (χ1n) is 7.25. The molecule has 1 aliphatic heterocycles. The molecule has 1 atom stereocenters. The highest BCUT2D eigenvalue weighted by atomic mass is 16.5. The van der Waals surface area contributed by atoms with Crippen LogP contribution in [0.15, 0.2) is 0 Å². The Kier molecular flexibility index (Phi) is 6.45. The molecule has 2 amide bonds. The fourth-order valence-electron chi connectivity index (χ4n) is 2.42. The van der Waals surface area contributed by atoms with Crippen molar-refractivity contribution in [2.45, 2.75) is 26.7 Å². The van der Waals surface area contributed by atoms with Gasteiger partial charge in [-0.05, 0) is 19.8 Å². The molecule has 0 aromatic heterocycles. The zero-order valence-electron chi connectivity index (χ0n) is 12.9. The zero-order chi connectivity index (χ0) is 16.0. The monoisotopic (exact) mass is 300 g/mol. The van der Waals surface area contributed by atoms with Gasteiger partial charge in [0.15, 0.2) is 0 Å². The lowest BCUT2D eigenvalue weighted by molar-refractivity contribution is -0.147. The van der Waals surface area contributed by atoms with E-state index in [4.69, 9.17) is 9.84 Å². The molecule has 1 unspecified atom stereocenters. The van der Waals surface area contributed by atoms with Gasteiger partial charge in [0.05, 0.1) is 18.9 Å². The van der Waals surface area contributed by atoms with E-state index in [1.807, 2.05) is 6.92 Å². The van der Waals surface area contributed by atoms with E-state index in [1.54, 1.807) is 11.8 Å². The summed E-state index contributed by atoms with van der Waals surface area (Å²) >= 11 is 0. The second kappa shape index (κ2) is 7.85. The molecule has 1 heterocycles. The normalized spacial score (nSPS) is 17.2. The number of amides is 2. The number of methoxy groups -OCH3 is 1. The van der Waals surface area contributed by atoms with E-state index in [0.717, 1.165) is 0 Å². The Labute approximate surface area is 124 Å². The number of carboxylic acid groups (broad SMARTS) is 1. The maximum absolute atomic E-state index is 12.4. The van der Waals surface area contributed by atoms with E-state index in [1.165, 1.54) is 12.0 Å². The van der Waals surface area contributed by atoms with Gasteiger partial charge in [0, 0.05) is 26.2 Å². The van der Waals surface area contributed by atoms with Crippen LogP contribution < -0.4 is 0 Å². The fourth-order valence-corrected chi connectivity index (χ4v) is 2.42. The summed E-state index contributed by atoms with van der Waals surface area (Å²) in [5, 5.41) is 8.94. The second-order valence-electron chi connectivity index (χ2n) is 5.34. The van der Waals surface area contributed by atoms with Crippen molar-refractivity contribution in [1.29, 1.82) is 0 Å². The predicted molar refractivity (Wildman–Crippen MR) is 75.8 cm³/mol. The summed E-state index contributed by atoms with van der Waals surface area (Å²) in [5.41, 5.74) is 0. The number of carbonyl (C=O) groups excluding carboxylic acids is 2. The Morgan fingerprint density at radius 2 is 1.90 bits per heavy atom. The van der Waals surface area contributed by atoms with Gasteiger partial charge in [-0.2, -0.15) is 0 Å². The largest absolute Gasteiger partial charge is 0.481 e. The fraction of sp³-hybridized carbons (Fsp3) is 0.786. The minimum atomic E-state index is -0.911. The molecule has 0 aromatic carbocycles. The minimum Gasteiger partial charge on any atom is -0.481 e. The smallest absolute Gasteiger partial charge is 0.320 e. The average molecular weight is 300 g/mol. The Bertz CT molecular complexity index is 391. The van der Waals surface area contributed by atoms with Crippen molar-refractivity contribution in [1.82, 2.24) is 9.80 Å². The predicted octanol–water partition coefficient (Wildman–Crippen LogP) is 1.03. The third-order valence-electron chi connectivity index (χ3n) is 3.87. The molecule has 1 aliphatic rings. The number of nitrogens with zero attached hydrogens (tertiary/aromatic N) is 2. The number of esters is 1. The molecule has 1 N–H and O–H groups in total. The van der Waals surface area contributed by atoms with Gasteiger partial charge in [0.1, 0.15) is 0 Å². The molecule has 1 rings (SSSR count). The Morgan fingerprint density at radius 1 is 1.33 bits per heavy atom. The molecule has 0 bridgehead atoms. The van der Waals surface area contributed by atoms with Crippen molar-refractivity contribution in [3.63, 3.8) is 0 Å². The number of ether oxygens (including phenoxy) is 1. The topological polar surface area (TPSA) is 87.2 Å². The molecule has 21 heavy (non-hydrogen) atoms. The summed E-state index contributed by atoms with van der Waals surface area (Å²) in [5.74, 6) is -1.88. The van der Waals surface area contributed by atoms with Gasteiger partial charge in [0.25, 0.3) is 0 Å². The van der Waals surface area contributed by atoms with Crippen LogP contribution in [0.25, 0.3) is 0 Å². The van der Waals surface area contributed by atoms with E-state index in [9.17, 15) is 14.4 Å². The van der Waals surface area contributed by atoms with Gasteiger partial charge in [-0.15, -0.1) is 0 Å². The first-order valence-corrected chi connectivity index (χ1v) is 7.25. The van der Waals surface area contributed by atoms with E-state index in [2.05, 4.69) is 0 Å². The highest BCUT2D eigenvalue weighted by molar-refractivity contribution is 5.77. The maximum Gasteiger partial charge on any atom is 0.320 e. The van der Waals surface area contributed by atoms with Crippen LogP contribution in [0.3, 0.4) is 0 Å². The molecule has 7 heteroatoms. The lowest BCUT2D eigenvalue weighted by atomic mass is 9.97. The quantitative estimate of drug-likeness (QED) is 0.766. The molecule has 1 fully saturated rings. The van der Waals surface area contributed by atoms with E-state index >= 15 is 0 Å². The van der Waals surface area contributed by atoms with Crippen LogP contribution in [0.2, 0.25) is 0 Å². The Balaban J connectivity index is 2.55. The Hall–Kier alpha value is -1.79. The van der Waals surface area contributed by atoms with Crippen LogP contribution in [0.4, 0.5) is 4.79 Å². The molecule has 0 radical (unpaired) electrons. The minimum absolute atomic E-state index is 0.146. The van der Waals surface area contributed by atoms with Crippen molar-refractivity contribution < 1.29 is 24.2 Å². The van der Waals surface area contributed by atoms with Gasteiger partial charge in [0.2, 0.25) is 0 Å². The number of aliphatic carboxylic acids is 1. The second-order valence-corrected chi connectivity index (χ2v) is 5.34. The number of likely N-dealkylation sites (tertiary alicyclic amines) is 1. The maximum atomic E-state index is 12.4. The summed E-state index contributed by atoms with van der Waals surface area (Å²) in [4.78, 5) is 37.9. The molecule has 7 nitrogen and oxygen atoms in total. The number of carboxylic acids is 1. The number of rotatable bonds is 5. The summed E-state index contributed by atoms with van der Waals surface area (Å²) in [7, 11) is 1.37. The number of urea groups is 1. The van der Waals surface area contributed by atoms with Gasteiger partial charge in [-0.25, -0.2) is 4.79 Å². The van der Waals surface area contributed by atoms with Crippen LogP contribution in [-0.2, 0) is 14.3 Å². The van der Waals surface area contributed by atoms with E-state index in [0.29, 0.717) is 32.5 Å². The van der Waals surface area contributed by atoms with Crippen molar-refractivity contribution in [2.24, 2.45) is 11.8 Å². The summed E-state index contributed by atoms with van der Waals surface area (Å²) in [6.45, 7) is 5.07. The number of piperidine rings is 1. The zero-order valence-corrected chi connectivity index (χ0v) is 12.9. The van der Waals surface area contributed by atoms with Gasteiger partial charge in [-0.1, -0.05) is 6.92 Å². The van der Waals surface area contributed by atoms with Crippen LogP contribution in [0, 0.1) is 11.8 Å². The highest BCUT2D eigenvalue weighted by Crippen LogP contribution is 2.19. The lowest BCUT2D eigenvalue weighted by Gasteiger charge is -2.35. The summed E-state index contributed by atoms with van der Waals surface area (Å²) < 4.78 is 4.71. The molecular weight excluding hydrogens is 276 g/mol. The van der Waals surface area contributed by atoms with Crippen molar-refractivity contribution >= 4 is 18.0 Å². The van der Waals surface area contributed by atoms with Crippen LogP contribution in [-0.4, -0.2) is 66.2 Å². The first kappa shape index (κ1) is 17.3. The highest BCUT2D eigenvalue weighted by Gasteiger charge is 2.30. The molecule has 1 saturated heterocycles. The average Bonchev–Trinajstić information content (AvgIpc) is 2.50. The molecule has 0 spiro atoms. The van der Waals surface area contributed by atoms with Gasteiger partial charge < -0.3 is 19.6 Å². The standard InChI is InChI=1S/C14H24N2O5/c1-4-15(9-10(2)12(17)18)14(20)16-7-5-11(6-8-16)13(19)21-3/h10-11H,4-9H2,1-3H3,(H,17,18). The van der Waals surface area contributed by atoms with Gasteiger partial charge in [-0.3, -0.25) is 9.59 Å². The van der Waals surface area contributed by atoms with Crippen LogP contribution in [0.5, 0.6) is 0 Å². The number of hydrogen-bond donors (Lipinski definition) is 1. The summed E-state index contributed by atoms with van der Waals surface area (Å²) in [6, 6.07) is -0.158. The van der Waals surface area contributed by atoms with E-state index < -0.39 is 11.9 Å². The first-order chi connectivity index (χ1) is 9.90. The van der Waals surface area contributed by atoms with E-state index in [-0.39, 0.29) is 24.5 Å².